The van der Waals surface area contributed by atoms with E-state index in [0.29, 0.717) is 24.1 Å². The maximum absolute atomic E-state index is 6.32. The van der Waals surface area contributed by atoms with Gasteiger partial charge >= 0.3 is 0 Å². The summed E-state index contributed by atoms with van der Waals surface area (Å²) in [6.07, 6.45) is 2.02. The monoisotopic (exact) mass is 404 g/mol. The number of fused-ring (bicyclic) bond motifs is 1. The third-order valence-electron chi connectivity index (χ3n) is 4.22. The number of aromatic nitrogens is 9. The minimum atomic E-state index is 0.283. The molecule has 0 saturated carbocycles. The average molecular weight is 405 g/mol. The molecule has 10 nitrogen and oxygen atoms in total. The molecule has 5 rings (SSSR count). The van der Waals surface area contributed by atoms with Crippen LogP contribution >= 0.6 is 11.6 Å². The molecule has 3 aromatic heterocycles. The zero-order valence-electron chi connectivity index (χ0n) is 14.9. The van der Waals surface area contributed by atoms with Gasteiger partial charge in [0.15, 0.2) is 5.82 Å². The summed E-state index contributed by atoms with van der Waals surface area (Å²) in [5.41, 5.74) is 3.44. The third kappa shape index (κ3) is 3.48. The van der Waals surface area contributed by atoms with E-state index >= 15 is 0 Å². The summed E-state index contributed by atoms with van der Waals surface area (Å²) < 4.78 is 1.68. The Bertz CT molecular complexity index is 1280. The molecule has 0 aliphatic carbocycles. The molecule has 5 aromatic rings. The number of aromatic amines is 1. The number of tetrazole rings is 1. The first-order valence-corrected chi connectivity index (χ1v) is 9.05. The lowest BCUT2D eigenvalue weighted by Crippen LogP contribution is -2.05. The first-order valence-electron chi connectivity index (χ1n) is 8.67. The fourth-order valence-corrected chi connectivity index (χ4v) is 3.24. The molecule has 0 spiro atoms. The van der Waals surface area contributed by atoms with Crippen molar-refractivity contribution in [2.24, 2.45) is 0 Å². The first-order chi connectivity index (χ1) is 14.3. The fourth-order valence-electron chi connectivity index (χ4n) is 2.98. The second kappa shape index (κ2) is 7.24. The Balaban J connectivity index is 1.44. The van der Waals surface area contributed by atoms with E-state index in [1.165, 1.54) is 6.33 Å². The summed E-state index contributed by atoms with van der Waals surface area (Å²) in [6, 6.07) is 15.4. The zero-order chi connectivity index (χ0) is 19.6. The molecule has 0 aliphatic rings. The van der Waals surface area contributed by atoms with Crippen molar-refractivity contribution in [2.45, 2.75) is 6.42 Å². The molecule has 0 fully saturated rings. The number of benzene rings is 2. The molecule has 3 heterocycles. The standard InChI is InChI=1S/C18H13ClN10/c19-16-23-13-6-1-2-7-14(13)29(16)18-21-10-20-17(24-18)22-12-5-3-4-11(8-12)9-15-25-27-28-26-15/h1-8,10H,9H2,(H,20,21,22,24)(H,25,26,27,28). The zero-order valence-corrected chi connectivity index (χ0v) is 15.6. The van der Waals surface area contributed by atoms with Crippen molar-refractivity contribution in [2.75, 3.05) is 5.32 Å². The SMILES string of the molecule is Clc1nc2ccccc2n1-c1ncnc(Nc2cccc(Cc3nnn[nH]3)c2)n1. The van der Waals surface area contributed by atoms with E-state index in [2.05, 4.69) is 45.9 Å². The van der Waals surface area contributed by atoms with Crippen LogP contribution in [0.2, 0.25) is 5.28 Å². The van der Waals surface area contributed by atoms with Crippen LogP contribution in [0.1, 0.15) is 11.4 Å². The summed E-state index contributed by atoms with van der Waals surface area (Å²) in [5, 5.41) is 17.3. The summed E-state index contributed by atoms with van der Waals surface area (Å²) >= 11 is 6.32. The van der Waals surface area contributed by atoms with E-state index in [9.17, 15) is 0 Å². The lowest BCUT2D eigenvalue weighted by molar-refractivity contribution is 0.881. The predicted octanol–water partition coefficient (Wildman–Crippen LogP) is 2.71. The van der Waals surface area contributed by atoms with Crippen molar-refractivity contribution >= 4 is 34.3 Å². The van der Waals surface area contributed by atoms with Gasteiger partial charge in [0.2, 0.25) is 17.2 Å². The molecule has 0 atom stereocenters. The van der Waals surface area contributed by atoms with Crippen LogP contribution in [0, 0.1) is 0 Å². The van der Waals surface area contributed by atoms with Crippen LogP contribution in [0.3, 0.4) is 0 Å². The molecule has 0 unspecified atom stereocenters. The Labute approximate surface area is 169 Å². The van der Waals surface area contributed by atoms with Crippen molar-refractivity contribution in [3.05, 3.63) is 71.5 Å². The molecule has 0 radical (unpaired) electrons. The predicted molar refractivity (Wildman–Crippen MR) is 106 cm³/mol. The van der Waals surface area contributed by atoms with Crippen molar-refractivity contribution < 1.29 is 0 Å². The first kappa shape index (κ1) is 17.2. The van der Waals surface area contributed by atoms with Crippen LogP contribution < -0.4 is 5.32 Å². The highest BCUT2D eigenvalue weighted by Crippen LogP contribution is 2.23. The van der Waals surface area contributed by atoms with Crippen molar-refractivity contribution in [1.82, 2.24) is 45.1 Å². The van der Waals surface area contributed by atoms with Gasteiger partial charge in [0, 0.05) is 12.1 Å². The molecule has 29 heavy (non-hydrogen) atoms. The van der Waals surface area contributed by atoms with E-state index in [-0.39, 0.29) is 5.28 Å². The van der Waals surface area contributed by atoms with E-state index in [4.69, 9.17) is 11.6 Å². The van der Waals surface area contributed by atoms with Gasteiger partial charge < -0.3 is 5.32 Å². The normalized spacial score (nSPS) is 11.1. The van der Waals surface area contributed by atoms with E-state index in [0.717, 1.165) is 22.3 Å². The molecular formula is C18H13ClN10. The Hall–Kier alpha value is -3.92. The van der Waals surface area contributed by atoms with E-state index < -0.39 is 0 Å². The highest BCUT2D eigenvalue weighted by molar-refractivity contribution is 6.29. The maximum Gasteiger partial charge on any atom is 0.241 e. The van der Waals surface area contributed by atoms with Crippen LogP contribution in [-0.2, 0) is 6.42 Å². The summed E-state index contributed by atoms with van der Waals surface area (Å²) in [6.45, 7) is 0. The number of H-pyrrole nitrogens is 1. The third-order valence-corrected chi connectivity index (χ3v) is 4.48. The second-order valence-electron chi connectivity index (χ2n) is 6.16. The molecule has 0 saturated heterocycles. The molecular weight excluding hydrogens is 392 g/mol. The number of imidazole rings is 1. The number of halogens is 1. The maximum atomic E-state index is 6.32. The quantitative estimate of drug-likeness (QED) is 0.458. The topological polar surface area (TPSA) is 123 Å². The molecule has 2 N–H and O–H groups in total. The number of rotatable bonds is 5. The van der Waals surface area contributed by atoms with Gasteiger partial charge in [-0.1, -0.05) is 24.3 Å². The number of para-hydroxylation sites is 2. The molecule has 142 valence electrons. The smallest absolute Gasteiger partial charge is 0.241 e. The van der Waals surface area contributed by atoms with Gasteiger partial charge in [0.1, 0.15) is 6.33 Å². The highest BCUT2D eigenvalue weighted by atomic mass is 35.5. The van der Waals surface area contributed by atoms with Gasteiger partial charge in [-0.05, 0) is 51.9 Å². The van der Waals surface area contributed by atoms with Gasteiger partial charge in [-0.25, -0.2) is 20.1 Å². The average Bonchev–Trinajstić information content (AvgIpc) is 3.35. The van der Waals surface area contributed by atoms with Crippen molar-refractivity contribution in [1.29, 1.82) is 0 Å². The van der Waals surface area contributed by atoms with Gasteiger partial charge in [-0.3, -0.25) is 4.57 Å². The second-order valence-corrected chi connectivity index (χ2v) is 6.50. The molecule has 11 heteroatoms. The van der Waals surface area contributed by atoms with Crippen molar-refractivity contribution in [3.63, 3.8) is 0 Å². The molecule has 0 amide bonds. The number of nitrogens with one attached hydrogen (secondary N) is 2. The fraction of sp³-hybridized carbons (Fsp3) is 0.0556. The molecule has 0 aliphatic heterocycles. The van der Waals surface area contributed by atoms with Gasteiger partial charge in [-0.2, -0.15) is 4.98 Å². The summed E-state index contributed by atoms with van der Waals surface area (Å²) in [5.74, 6) is 1.46. The lowest BCUT2D eigenvalue weighted by Gasteiger charge is -2.08. The van der Waals surface area contributed by atoms with Gasteiger partial charge in [0.05, 0.1) is 11.0 Å². The minimum Gasteiger partial charge on any atom is -0.324 e. The molecule has 0 bridgehead atoms. The van der Waals surface area contributed by atoms with Crippen LogP contribution in [0.25, 0.3) is 17.0 Å². The highest BCUT2D eigenvalue weighted by Gasteiger charge is 2.13. The van der Waals surface area contributed by atoms with Crippen LogP contribution in [0.5, 0.6) is 0 Å². The Morgan fingerprint density at radius 1 is 1.03 bits per heavy atom. The van der Waals surface area contributed by atoms with E-state index in [1.54, 1.807) is 4.57 Å². The van der Waals surface area contributed by atoms with Gasteiger partial charge in [0.25, 0.3) is 0 Å². The lowest BCUT2D eigenvalue weighted by atomic mass is 10.1. The Morgan fingerprint density at radius 3 is 2.86 bits per heavy atom. The number of anilines is 2. The van der Waals surface area contributed by atoms with Crippen LogP contribution in [0.4, 0.5) is 11.6 Å². The number of nitrogens with zero attached hydrogens (tertiary/aromatic N) is 8. The Morgan fingerprint density at radius 2 is 1.97 bits per heavy atom. The van der Waals surface area contributed by atoms with Gasteiger partial charge in [-0.15, -0.1) is 5.10 Å². The van der Waals surface area contributed by atoms with Crippen LogP contribution in [-0.4, -0.2) is 45.1 Å². The molecule has 2 aromatic carbocycles. The number of hydrogen-bond donors (Lipinski definition) is 2. The van der Waals surface area contributed by atoms with E-state index in [1.807, 2.05) is 48.5 Å². The van der Waals surface area contributed by atoms with Crippen molar-refractivity contribution in [3.8, 4) is 5.95 Å². The number of hydrogen-bond acceptors (Lipinski definition) is 8. The minimum absolute atomic E-state index is 0.283. The summed E-state index contributed by atoms with van der Waals surface area (Å²) in [4.78, 5) is 17.3. The summed E-state index contributed by atoms with van der Waals surface area (Å²) in [7, 11) is 0. The largest absolute Gasteiger partial charge is 0.324 e. The van der Waals surface area contributed by atoms with Crippen LogP contribution in [0.15, 0.2) is 54.9 Å². The Kier molecular flexibility index (Phi) is 4.30.